The summed E-state index contributed by atoms with van der Waals surface area (Å²) in [7, 11) is 0. The van der Waals surface area contributed by atoms with Gasteiger partial charge in [0.2, 0.25) is 0 Å². The topological polar surface area (TPSA) is 115 Å². The average molecular weight is 596 g/mol. The average Bonchev–Trinajstić information content (AvgIpc) is 3.10. The summed E-state index contributed by atoms with van der Waals surface area (Å²) in [5, 5.41) is 38.0. The van der Waals surface area contributed by atoms with Gasteiger partial charge in [0.1, 0.15) is 5.75 Å². The van der Waals surface area contributed by atoms with Crippen LogP contribution in [0.4, 0.5) is 4.79 Å². The highest BCUT2D eigenvalue weighted by atomic mass is 16.6. The number of para-hydroxylation sites is 2. The minimum absolute atomic E-state index is 0.130. The van der Waals surface area contributed by atoms with E-state index < -0.39 is 17.1 Å². The summed E-state index contributed by atoms with van der Waals surface area (Å²) in [6.07, 6.45) is 4.32. The van der Waals surface area contributed by atoms with Crippen molar-refractivity contribution in [1.82, 2.24) is 15.2 Å². The number of hydrogen-bond donors (Lipinski definition) is 4. The molecule has 6 rings (SSSR count). The highest BCUT2D eigenvalue weighted by Crippen LogP contribution is 2.57. The number of aryl methyl sites for hydroxylation is 1. The van der Waals surface area contributed by atoms with Crippen LogP contribution >= 0.6 is 0 Å². The van der Waals surface area contributed by atoms with Gasteiger partial charge in [-0.3, -0.25) is 9.88 Å². The number of aromatic hydroxyl groups is 2. The molecular formula is C36H41N3O5. The summed E-state index contributed by atoms with van der Waals surface area (Å²) in [5.41, 5.74) is 2.42. The fraction of sp³-hybridized carbons (Fsp3) is 0.389. The number of pyridine rings is 1. The number of fused-ring (bicyclic) bond motifs is 5. The second-order valence-corrected chi connectivity index (χ2v) is 12.6. The van der Waals surface area contributed by atoms with Gasteiger partial charge in [0.05, 0.1) is 11.1 Å². The van der Waals surface area contributed by atoms with E-state index in [2.05, 4.69) is 16.3 Å². The number of carbonyl (C=O) groups excluding carboxylic acids is 1. The second-order valence-electron chi connectivity index (χ2n) is 12.6. The van der Waals surface area contributed by atoms with Crippen LogP contribution < -0.4 is 10.1 Å². The van der Waals surface area contributed by atoms with Gasteiger partial charge in [-0.1, -0.05) is 55.3 Å². The third kappa shape index (κ3) is 5.48. The van der Waals surface area contributed by atoms with Crippen molar-refractivity contribution in [2.45, 2.75) is 69.4 Å². The third-order valence-corrected chi connectivity index (χ3v) is 9.75. The van der Waals surface area contributed by atoms with Crippen molar-refractivity contribution in [1.29, 1.82) is 0 Å². The van der Waals surface area contributed by atoms with Crippen LogP contribution in [0.25, 0.3) is 10.9 Å². The maximum Gasteiger partial charge on any atom is 0.412 e. The Bertz CT molecular complexity index is 1660. The number of likely N-dealkylation sites (tertiary alicyclic amines) is 1. The largest absolute Gasteiger partial charge is 0.504 e. The summed E-state index contributed by atoms with van der Waals surface area (Å²) in [6, 6.07) is 22.5. The number of benzene rings is 3. The standard InChI is InChI=1S/C36H41N3O5/c1-24-20-25-12-8-9-15-28(25)38-29(24)22-36-23-39(31(35(36,2)43)21-26-16-17-30(40)33(41)32(26)36)19-11-4-3-10-18-37-34(42)44-27-13-6-5-7-14-27/h5-9,12-17,20,31,40-41,43H,3-4,10-11,18-19,21-23H2,1-2H3,(H,37,42). The van der Waals surface area contributed by atoms with E-state index in [1.165, 1.54) is 0 Å². The number of carbonyl (C=O) groups is 1. The molecule has 1 aromatic heterocycles. The smallest absolute Gasteiger partial charge is 0.412 e. The number of phenolic OH excluding ortho intramolecular Hbond substituents is 2. The van der Waals surface area contributed by atoms with Crippen molar-refractivity contribution in [2.75, 3.05) is 19.6 Å². The number of unbranched alkanes of at least 4 members (excludes halogenated alkanes) is 3. The Morgan fingerprint density at radius 1 is 1.02 bits per heavy atom. The number of phenols is 2. The van der Waals surface area contributed by atoms with Gasteiger partial charge in [-0.05, 0) is 81.1 Å². The fourth-order valence-electron chi connectivity index (χ4n) is 7.39. The zero-order valence-corrected chi connectivity index (χ0v) is 25.4. The number of aliphatic hydroxyl groups is 1. The Morgan fingerprint density at radius 3 is 2.59 bits per heavy atom. The van der Waals surface area contributed by atoms with E-state index in [1.54, 1.807) is 18.2 Å². The van der Waals surface area contributed by atoms with Crippen molar-refractivity contribution in [2.24, 2.45) is 0 Å². The van der Waals surface area contributed by atoms with Crippen LogP contribution in [0.2, 0.25) is 0 Å². The highest BCUT2D eigenvalue weighted by molar-refractivity contribution is 5.79. The molecule has 8 heteroatoms. The SMILES string of the molecule is Cc1cc2ccccc2nc1CC12CN(CCCCCCNC(=O)Oc3ccccc3)C(Cc3ccc(O)c(O)c31)C2(C)O. The normalized spacial score (nSPS) is 22.6. The third-order valence-electron chi connectivity index (χ3n) is 9.75. The Balaban J connectivity index is 1.14. The molecule has 1 aliphatic carbocycles. The molecule has 2 aliphatic rings. The monoisotopic (exact) mass is 595 g/mol. The maximum absolute atomic E-state index is 12.3. The Labute approximate surface area is 258 Å². The van der Waals surface area contributed by atoms with Crippen LogP contribution in [-0.2, 0) is 18.3 Å². The van der Waals surface area contributed by atoms with Gasteiger partial charge in [0, 0.05) is 47.6 Å². The van der Waals surface area contributed by atoms with Crippen molar-refractivity contribution in [3.05, 3.63) is 95.2 Å². The molecule has 4 aromatic rings. The lowest BCUT2D eigenvalue weighted by atomic mass is 9.59. The van der Waals surface area contributed by atoms with Crippen molar-refractivity contribution >= 4 is 17.0 Å². The van der Waals surface area contributed by atoms with Gasteiger partial charge in [0.25, 0.3) is 0 Å². The van der Waals surface area contributed by atoms with E-state index >= 15 is 0 Å². The van der Waals surface area contributed by atoms with Crippen molar-refractivity contribution < 1.29 is 24.9 Å². The fourth-order valence-corrected chi connectivity index (χ4v) is 7.39. The number of nitrogens with one attached hydrogen (secondary N) is 1. The lowest BCUT2D eigenvalue weighted by molar-refractivity contribution is -0.0326. The van der Waals surface area contributed by atoms with Gasteiger partial charge < -0.3 is 25.4 Å². The molecule has 3 unspecified atom stereocenters. The van der Waals surface area contributed by atoms with Gasteiger partial charge in [-0.2, -0.15) is 0 Å². The first-order valence-electron chi connectivity index (χ1n) is 15.6. The number of amides is 1. The van der Waals surface area contributed by atoms with E-state index in [0.717, 1.165) is 60.0 Å². The van der Waals surface area contributed by atoms with Gasteiger partial charge in [-0.15, -0.1) is 0 Å². The molecule has 0 radical (unpaired) electrons. The Hall–Kier alpha value is -4.14. The molecule has 3 aromatic carbocycles. The molecule has 0 spiro atoms. The van der Waals surface area contributed by atoms with E-state index in [1.807, 2.05) is 62.4 Å². The molecule has 1 amide bonds. The van der Waals surface area contributed by atoms with E-state index in [-0.39, 0.29) is 17.5 Å². The summed E-state index contributed by atoms with van der Waals surface area (Å²) in [6.45, 7) is 5.84. The molecule has 44 heavy (non-hydrogen) atoms. The van der Waals surface area contributed by atoms with Crippen molar-refractivity contribution in [3.63, 3.8) is 0 Å². The molecule has 230 valence electrons. The molecule has 3 atom stereocenters. The number of hydrogen-bond acceptors (Lipinski definition) is 7. The first kappa shape index (κ1) is 29.9. The van der Waals surface area contributed by atoms with E-state index in [9.17, 15) is 20.1 Å². The molecule has 2 heterocycles. The van der Waals surface area contributed by atoms with Gasteiger partial charge in [-0.25, -0.2) is 4.79 Å². The van der Waals surface area contributed by atoms with Crippen molar-refractivity contribution in [3.8, 4) is 17.2 Å². The summed E-state index contributed by atoms with van der Waals surface area (Å²) in [5.74, 6) is 0.215. The Morgan fingerprint density at radius 2 is 1.77 bits per heavy atom. The number of ether oxygens (including phenoxy) is 1. The van der Waals surface area contributed by atoms with E-state index in [4.69, 9.17) is 9.72 Å². The molecular weight excluding hydrogens is 554 g/mol. The van der Waals surface area contributed by atoms with Gasteiger partial charge in [0.15, 0.2) is 11.5 Å². The molecule has 4 N–H and O–H groups in total. The van der Waals surface area contributed by atoms with Crippen LogP contribution in [0.1, 0.15) is 55.0 Å². The summed E-state index contributed by atoms with van der Waals surface area (Å²) >= 11 is 0. The number of rotatable bonds is 10. The molecule has 1 aliphatic heterocycles. The maximum atomic E-state index is 12.3. The minimum Gasteiger partial charge on any atom is -0.504 e. The quantitative estimate of drug-likeness (QED) is 0.136. The van der Waals surface area contributed by atoms with Crippen LogP contribution in [-0.4, -0.2) is 62.6 Å². The Kier molecular flexibility index (Phi) is 8.22. The number of nitrogens with zero attached hydrogens (tertiary/aromatic N) is 2. The van der Waals surface area contributed by atoms with Crippen LogP contribution in [0, 0.1) is 6.92 Å². The van der Waals surface area contributed by atoms with Crippen LogP contribution in [0.5, 0.6) is 17.2 Å². The molecule has 2 bridgehead atoms. The predicted molar refractivity (Wildman–Crippen MR) is 170 cm³/mol. The van der Waals surface area contributed by atoms with Crippen LogP contribution in [0.15, 0.2) is 72.8 Å². The lowest BCUT2D eigenvalue weighted by Crippen LogP contribution is -2.57. The lowest BCUT2D eigenvalue weighted by Gasteiger charge is -2.47. The minimum atomic E-state index is -1.16. The summed E-state index contributed by atoms with van der Waals surface area (Å²) < 4.78 is 5.27. The van der Waals surface area contributed by atoms with Crippen LogP contribution in [0.3, 0.4) is 0 Å². The first-order chi connectivity index (χ1) is 21.2. The van der Waals surface area contributed by atoms with Gasteiger partial charge >= 0.3 is 6.09 Å². The predicted octanol–water partition coefficient (Wildman–Crippen LogP) is 5.78. The first-order valence-corrected chi connectivity index (χ1v) is 15.6. The summed E-state index contributed by atoms with van der Waals surface area (Å²) in [4.78, 5) is 19.4. The zero-order valence-electron chi connectivity index (χ0n) is 25.4. The zero-order chi connectivity index (χ0) is 30.9. The molecule has 8 nitrogen and oxygen atoms in total. The second kappa shape index (κ2) is 12.1. The molecule has 1 fully saturated rings. The highest BCUT2D eigenvalue weighted by Gasteiger charge is 2.64. The van der Waals surface area contributed by atoms with E-state index in [0.29, 0.717) is 37.2 Å². The molecule has 1 saturated heterocycles. The molecule has 0 saturated carbocycles. The number of aromatic nitrogens is 1.